The van der Waals surface area contributed by atoms with E-state index in [1.54, 1.807) is 11.8 Å². The molecule has 0 aromatic heterocycles. The van der Waals surface area contributed by atoms with E-state index in [9.17, 15) is 0 Å². The predicted octanol–water partition coefficient (Wildman–Crippen LogP) is 5.12. The normalized spacial score (nSPS) is 10.5. The molecule has 1 heteroatoms. The first kappa shape index (κ1) is 14.6. The summed E-state index contributed by atoms with van der Waals surface area (Å²) in [4.78, 5) is 1.35. The number of rotatable bonds is 1. The van der Waals surface area contributed by atoms with Crippen LogP contribution in [-0.2, 0) is 5.41 Å². The number of benzene rings is 1. The maximum Gasteiger partial charge on any atom is 0.00720 e. The number of hydrogen-bond donors (Lipinski definition) is 0. The van der Waals surface area contributed by atoms with Crippen LogP contribution in [0, 0.1) is 0 Å². The maximum atomic E-state index is 2.27. The molecular weight excluding hydrogens is 200 g/mol. The summed E-state index contributed by atoms with van der Waals surface area (Å²) in [6.07, 6.45) is 3.36. The second-order valence-electron chi connectivity index (χ2n) is 4.69. The van der Waals surface area contributed by atoms with Gasteiger partial charge in [-0.05, 0) is 29.4 Å². The van der Waals surface area contributed by atoms with E-state index in [0.29, 0.717) is 0 Å². The summed E-state index contributed by atoms with van der Waals surface area (Å²) < 4.78 is 0. The van der Waals surface area contributed by atoms with Gasteiger partial charge in [0.25, 0.3) is 0 Å². The maximum absolute atomic E-state index is 2.27. The predicted molar refractivity (Wildman–Crippen MR) is 72.9 cm³/mol. The first-order valence-electron chi connectivity index (χ1n) is 5.60. The third-order valence-electron chi connectivity index (χ3n) is 1.94. The second-order valence-corrected chi connectivity index (χ2v) is 5.57. The van der Waals surface area contributed by atoms with Gasteiger partial charge in [-0.2, -0.15) is 0 Å². The fourth-order valence-electron chi connectivity index (χ4n) is 1.09. The minimum absolute atomic E-state index is 0.270. The minimum atomic E-state index is 0.270. The first-order valence-corrected chi connectivity index (χ1v) is 6.82. The van der Waals surface area contributed by atoms with E-state index in [-0.39, 0.29) is 5.41 Å². The standard InChI is InChI=1S/C11H16S.C3H8/c1-11(2,3)9-6-5-7-10(8-9)12-4;1-3-2/h5-8H,1-4H3;3H2,1-2H3. The van der Waals surface area contributed by atoms with Gasteiger partial charge in [-0.3, -0.25) is 0 Å². The zero-order valence-corrected chi connectivity index (χ0v) is 11.7. The lowest BCUT2D eigenvalue weighted by atomic mass is 9.87. The van der Waals surface area contributed by atoms with E-state index in [1.807, 2.05) is 0 Å². The Morgan fingerprint density at radius 3 is 2.07 bits per heavy atom. The monoisotopic (exact) mass is 224 g/mol. The van der Waals surface area contributed by atoms with Crippen LogP contribution in [0.5, 0.6) is 0 Å². The van der Waals surface area contributed by atoms with Crippen molar-refractivity contribution >= 4 is 11.8 Å². The molecule has 0 amide bonds. The quantitative estimate of drug-likeness (QED) is 0.596. The molecule has 0 saturated heterocycles. The van der Waals surface area contributed by atoms with E-state index in [4.69, 9.17) is 0 Å². The molecule has 0 N–H and O–H groups in total. The van der Waals surface area contributed by atoms with Gasteiger partial charge in [0.05, 0.1) is 0 Å². The molecule has 1 aromatic carbocycles. The molecule has 86 valence electrons. The Kier molecular flexibility index (Phi) is 6.75. The van der Waals surface area contributed by atoms with Gasteiger partial charge < -0.3 is 0 Å². The molecule has 0 nitrogen and oxygen atoms in total. The Morgan fingerprint density at radius 1 is 1.13 bits per heavy atom. The molecule has 0 bridgehead atoms. The lowest BCUT2D eigenvalue weighted by molar-refractivity contribution is 0.588. The average Bonchev–Trinajstić information content (AvgIpc) is 2.18. The van der Waals surface area contributed by atoms with Crippen molar-refractivity contribution < 1.29 is 0 Å². The summed E-state index contributed by atoms with van der Waals surface area (Å²) in [5, 5.41) is 0. The van der Waals surface area contributed by atoms with Gasteiger partial charge in [0, 0.05) is 4.90 Å². The molecular formula is C14H24S. The highest BCUT2D eigenvalue weighted by atomic mass is 32.2. The van der Waals surface area contributed by atoms with Crippen molar-refractivity contribution in [2.24, 2.45) is 0 Å². The van der Waals surface area contributed by atoms with Crippen molar-refractivity contribution in [3.63, 3.8) is 0 Å². The molecule has 0 heterocycles. The van der Waals surface area contributed by atoms with Gasteiger partial charge in [0.15, 0.2) is 0 Å². The van der Waals surface area contributed by atoms with Crippen LogP contribution in [0.4, 0.5) is 0 Å². The molecule has 0 aliphatic rings. The SMILES string of the molecule is CCC.CSc1cccc(C(C)(C)C)c1. The Morgan fingerprint density at radius 2 is 1.67 bits per heavy atom. The van der Waals surface area contributed by atoms with Crippen LogP contribution in [0.2, 0.25) is 0 Å². The van der Waals surface area contributed by atoms with Crippen LogP contribution in [-0.4, -0.2) is 6.26 Å². The molecule has 1 aromatic rings. The summed E-state index contributed by atoms with van der Waals surface area (Å²) >= 11 is 1.80. The van der Waals surface area contributed by atoms with E-state index in [2.05, 4.69) is 65.1 Å². The summed E-state index contributed by atoms with van der Waals surface area (Å²) in [5.41, 5.74) is 1.68. The lowest BCUT2D eigenvalue weighted by Crippen LogP contribution is -2.10. The number of thioether (sulfide) groups is 1. The van der Waals surface area contributed by atoms with Crippen molar-refractivity contribution in [1.82, 2.24) is 0 Å². The van der Waals surface area contributed by atoms with Gasteiger partial charge >= 0.3 is 0 Å². The fourth-order valence-corrected chi connectivity index (χ4v) is 1.55. The van der Waals surface area contributed by atoms with Crippen LogP contribution in [0.3, 0.4) is 0 Å². The van der Waals surface area contributed by atoms with Crippen LogP contribution in [0.1, 0.15) is 46.6 Å². The highest BCUT2D eigenvalue weighted by Crippen LogP contribution is 2.25. The third kappa shape index (κ3) is 5.88. The Hall–Kier alpha value is -0.430. The van der Waals surface area contributed by atoms with Gasteiger partial charge in [-0.15, -0.1) is 11.8 Å². The van der Waals surface area contributed by atoms with Gasteiger partial charge in [0.2, 0.25) is 0 Å². The Bertz CT molecular complexity index is 271. The molecule has 0 fully saturated rings. The van der Waals surface area contributed by atoms with E-state index >= 15 is 0 Å². The summed E-state index contributed by atoms with van der Waals surface area (Å²) in [6, 6.07) is 8.75. The van der Waals surface area contributed by atoms with E-state index in [1.165, 1.54) is 16.9 Å². The van der Waals surface area contributed by atoms with Crippen LogP contribution in [0.25, 0.3) is 0 Å². The molecule has 0 aliphatic heterocycles. The molecule has 0 atom stereocenters. The van der Waals surface area contributed by atoms with Crippen molar-refractivity contribution in [2.75, 3.05) is 6.26 Å². The van der Waals surface area contributed by atoms with Crippen molar-refractivity contribution in [3.8, 4) is 0 Å². The van der Waals surface area contributed by atoms with Crippen LogP contribution in [0.15, 0.2) is 29.2 Å². The molecule has 15 heavy (non-hydrogen) atoms. The van der Waals surface area contributed by atoms with Gasteiger partial charge in [0.1, 0.15) is 0 Å². The Labute approximate surface area is 99.5 Å². The topological polar surface area (TPSA) is 0 Å². The molecule has 1 rings (SSSR count). The highest BCUT2D eigenvalue weighted by molar-refractivity contribution is 7.98. The van der Waals surface area contributed by atoms with Crippen LogP contribution < -0.4 is 0 Å². The summed E-state index contributed by atoms with van der Waals surface area (Å²) in [5.74, 6) is 0. The van der Waals surface area contributed by atoms with E-state index < -0.39 is 0 Å². The molecule has 0 radical (unpaired) electrons. The third-order valence-corrected chi connectivity index (χ3v) is 2.66. The summed E-state index contributed by atoms with van der Waals surface area (Å²) in [6.45, 7) is 11.0. The molecule has 0 saturated carbocycles. The van der Waals surface area contributed by atoms with Crippen molar-refractivity contribution in [2.45, 2.75) is 51.3 Å². The largest absolute Gasteiger partial charge is 0.130 e. The van der Waals surface area contributed by atoms with Crippen LogP contribution >= 0.6 is 11.8 Å². The highest BCUT2D eigenvalue weighted by Gasteiger charge is 2.12. The van der Waals surface area contributed by atoms with E-state index in [0.717, 1.165) is 0 Å². The smallest absolute Gasteiger partial charge is 0.00720 e. The fraction of sp³-hybridized carbons (Fsp3) is 0.571. The molecule has 0 unspecified atom stereocenters. The Balaban J connectivity index is 0.000000583. The van der Waals surface area contributed by atoms with Gasteiger partial charge in [-0.25, -0.2) is 0 Å². The van der Waals surface area contributed by atoms with Crippen molar-refractivity contribution in [3.05, 3.63) is 29.8 Å². The van der Waals surface area contributed by atoms with Gasteiger partial charge in [-0.1, -0.05) is 53.2 Å². The molecule has 0 aliphatic carbocycles. The molecule has 0 spiro atoms. The summed E-state index contributed by atoms with van der Waals surface area (Å²) in [7, 11) is 0. The zero-order valence-electron chi connectivity index (χ0n) is 10.9. The average molecular weight is 224 g/mol. The minimum Gasteiger partial charge on any atom is -0.130 e. The zero-order chi connectivity index (χ0) is 11.9. The lowest BCUT2D eigenvalue weighted by Gasteiger charge is -2.19. The number of hydrogen-bond acceptors (Lipinski definition) is 1. The van der Waals surface area contributed by atoms with Crippen molar-refractivity contribution in [1.29, 1.82) is 0 Å². The first-order chi connectivity index (χ1) is 6.95. The second kappa shape index (κ2) is 6.95.